The Morgan fingerprint density at radius 3 is 2.16 bits per heavy atom. The van der Waals surface area contributed by atoms with Gasteiger partial charge in [-0.2, -0.15) is 13.2 Å². The number of hydrogen-bond donors (Lipinski definition) is 1. The van der Waals surface area contributed by atoms with Gasteiger partial charge in [0.1, 0.15) is 5.78 Å². The molecule has 0 saturated carbocycles. The van der Waals surface area contributed by atoms with Crippen molar-refractivity contribution in [2.75, 3.05) is 4.72 Å². The van der Waals surface area contributed by atoms with Gasteiger partial charge >= 0.3 is 6.18 Å². The van der Waals surface area contributed by atoms with Crippen molar-refractivity contribution in [3.8, 4) is 0 Å². The van der Waals surface area contributed by atoms with E-state index in [9.17, 15) is 26.4 Å². The van der Waals surface area contributed by atoms with E-state index in [0.717, 1.165) is 23.8 Å². The van der Waals surface area contributed by atoms with Crippen LogP contribution in [-0.2, 0) is 33.8 Å². The summed E-state index contributed by atoms with van der Waals surface area (Å²) >= 11 is 5.91. The van der Waals surface area contributed by atoms with Crippen LogP contribution in [0.25, 0.3) is 0 Å². The fourth-order valence-electron chi connectivity index (χ4n) is 2.92. The van der Waals surface area contributed by atoms with Crippen LogP contribution in [0.4, 0.5) is 18.9 Å². The Morgan fingerprint density at radius 2 is 1.52 bits per heavy atom. The van der Waals surface area contributed by atoms with Gasteiger partial charge < -0.3 is 0 Å². The molecule has 0 unspecified atom stereocenters. The van der Waals surface area contributed by atoms with Gasteiger partial charge in [-0.3, -0.25) is 9.52 Å². The monoisotopic (exact) mass is 467 g/mol. The van der Waals surface area contributed by atoms with Gasteiger partial charge in [0, 0.05) is 23.6 Å². The number of sulfonamides is 1. The number of benzene rings is 3. The van der Waals surface area contributed by atoms with E-state index in [-0.39, 0.29) is 29.2 Å². The zero-order valence-corrected chi connectivity index (χ0v) is 17.6. The second-order valence-electron chi connectivity index (χ2n) is 6.85. The second kappa shape index (κ2) is 9.11. The van der Waals surface area contributed by atoms with Gasteiger partial charge in [0.25, 0.3) is 10.0 Å². The quantitative estimate of drug-likeness (QED) is 0.498. The van der Waals surface area contributed by atoms with Crippen LogP contribution in [0.2, 0.25) is 5.02 Å². The molecule has 9 heteroatoms. The molecule has 0 heterocycles. The molecular weight excluding hydrogens is 451 g/mol. The number of anilines is 1. The Bertz CT molecular complexity index is 1190. The van der Waals surface area contributed by atoms with Crippen molar-refractivity contribution in [3.05, 3.63) is 94.5 Å². The minimum Gasteiger partial charge on any atom is -0.299 e. The molecule has 0 aliphatic rings. The molecule has 3 aromatic carbocycles. The Hall–Kier alpha value is -2.84. The molecule has 0 fully saturated rings. The summed E-state index contributed by atoms with van der Waals surface area (Å²) in [6, 6.07) is 16.5. The van der Waals surface area contributed by atoms with Crippen LogP contribution in [0.3, 0.4) is 0 Å². The molecule has 162 valence electrons. The first kappa shape index (κ1) is 22.8. The van der Waals surface area contributed by atoms with E-state index in [2.05, 4.69) is 4.72 Å². The van der Waals surface area contributed by atoms with Crippen molar-refractivity contribution in [2.45, 2.75) is 23.9 Å². The number of rotatable bonds is 7. The third-order valence-corrected chi connectivity index (χ3v) is 6.00. The highest BCUT2D eigenvalue weighted by Gasteiger charge is 2.30. The van der Waals surface area contributed by atoms with Crippen molar-refractivity contribution in [1.29, 1.82) is 0 Å². The summed E-state index contributed by atoms with van der Waals surface area (Å²) in [7, 11) is -4.09. The van der Waals surface area contributed by atoms with Crippen LogP contribution in [0, 0.1) is 0 Å². The third-order valence-electron chi connectivity index (χ3n) is 4.37. The zero-order chi connectivity index (χ0) is 22.6. The molecule has 4 nitrogen and oxygen atoms in total. The average molecular weight is 468 g/mol. The average Bonchev–Trinajstić information content (AvgIpc) is 2.67. The fourth-order valence-corrected chi connectivity index (χ4v) is 4.19. The first-order valence-electron chi connectivity index (χ1n) is 9.08. The molecule has 3 aromatic rings. The number of carbonyl (C=O) groups is 1. The highest BCUT2D eigenvalue weighted by Crippen LogP contribution is 2.31. The summed E-state index contributed by atoms with van der Waals surface area (Å²) in [6.45, 7) is 0. The summed E-state index contributed by atoms with van der Waals surface area (Å²) in [5, 5.41) is 0.535. The molecule has 0 spiro atoms. The van der Waals surface area contributed by atoms with Crippen LogP contribution in [0.15, 0.2) is 77.7 Å². The maximum Gasteiger partial charge on any atom is 0.416 e. The molecule has 0 atom stereocenters. The van der Waals surface area contributed by atoms with E-state index in [1.165, 1.54) is 30.3 Å². The first-order chi connectivity index (χ1) is 14.5. The predicted octanol–water partition coefficient (Wildman–Crippen LogP) is 5.51. The summed E-state index contributed by atoms with van der Waals surface area (Å²) in [5.74, 6) is -0.0695. The van der Waals surface area contributed by atoms with Gasteiger partial charge in [-0.15, -0.1) is 0 Å². The lowest BCUT2D eigenvalue weighted by atomic mass is 10.0. The second-order valence-corrected chi connectivity index (χ2v) is 8.97. The SMILES string of the molecule is O=C(Cc1ccc(S(=O)(=O)Nc2cccc(C(F)(F)F)c2)cc1)Cc1cccc(Cl)c1. The van der Waals surface area contributed by atoms with E-state index in [1.807, 2.05) is 0 Å². The van der Waals surface area contributed by atoms with Crippen LogP contribution >= 0.6 is 11.6 Å². The summed E-state index contributed by atoms with van der Waals surface area (Å²) in [5.41, 5.74) is 0.240. The number of ketones is 1. The van der Waals surface area contributed by atoms with Crippen molar-refractivity contribution in [1.82, 2.24) is 0 Å². The van der Waals surface area contributed by atoms with E-state index >= 15 is 0 Å². The van der Waals surface area contributed by atoms with Crippen molar-refractivity contribution in [2.24, 2.45) is 0 Å². The van der Waals surface area contributed by atoms with Crippen LogP contribution in [0.5, 0.6) is 0 Å². The molecule has 3 rings (SSSR count). The number of carbonyl (C=O) groups excluding carboxylic acids is 1. The predicted molar refractivity (Wildman–Crippen MR) is 113 cm³/mol. The smallest absolute Gasteiger partial charge is 0.299 e. The molecule has 0 saturated heterocycles. The molecule has 0 aromatic heterocycles. The Morgan fingerprint density at radius 1 is 0.871 bits per heavy atom. The van der Waals surface area contributed by atoms with Crippen LogP contribution in [-0.4, -0.2) is 14.2 Å². The molecule has 0 bridgehead atoms. The van der Waals surface area contributed by atoms with Gasteiger partial charge in [-0.05, 0) is 53.6 Å². The van der Waals surface area contributed by atoms with E-state index in [1.54, 1.807) is 24.3 Å². The largest absolute Gasteiger partial charge is 0.416 e. The Labute approximate surface area is 182 Å². The van der Waals surface area contributed by atoms with Gasteiger partial charge in [0.2, 0.25) is 0 Å². The number of halogens is 4. The van der Waals surface area contributed by atoms with E-state index in [0.29, 0.717) is 10.6 Å². The van der Waals surface area contributed by atoms with Crippen LogP contribution in [0.1, 0.15) is 16.7 Å². The molecular formula is C22H17ClF3NO3S. The lowest BCUT2D eigenvalue weighted by molar-refractivity contribution is -0.137. The zero-order valence-electron chi connectivity index (χ0n) is 16.0. The Balaban J connectivity index is 1.68. The number of hydrogen-bond acceptors (Lipinski definition) is 3. The summed E-state index contributed by atoms with van der Waals surface area (Å²) in [4.78, 5) is 12.1. The highest BCUT2D eigenvalue weighted by atomic mass is 35.5. The van der Waals surface area contributed by atoms with Crippen molar-refractivity contribution >= 4 is 33.1 Å². The minimum atomic E-state index is -4.58. The standard InChI is InChI=1S/C22H17ClF3NO3S/c23-18-5-1-3-16(11-18)13-20(28)12-15-7-9-21(10-8-15)31(29,30)27-19-6-2-4-17(14-19)22(24,25)26/h1-11,14,27H,12-13H2. The minimum absolute atomic E-state index is 0.0695. The summed E-state index contributed by atoms with van der Waals surface area (Å²) in [6.07, 6.45) is -4.29. The topological polar surface area (TPSA) is 63.2 Å². The maximum absolute atomic E-state index is 12.8. The molecule has 0 radical (unpaired) electrons. The molecule has 31 heavy (non-hydrogen) atoms. The van der Waals surface area contributed by atoms with Gasteiger partial charge in [-0.25, -0.2) is 8.42 Å². The summed E-state index contributed by atoms with van der Waals surface area (Å²) < 4.78 is 65.6. The third kappa shape index (κ3) is 6.32. The first-order valence-corrected chi connectivity index (χ1v) is 10.9. The van der Waals surface area contributed by atoms with Crippen LogP contribution < -0.4 is 4.72 Å². The fraction of sp³-hybridized carbons (Fsp3) is 0.136. The number of Topliss-reactive ketones (excluding diaryl/α,β-unsaturated/α-hetero) is 1. The number of nitrogens with one attached hydrogen (secondary N) is 1. The molecule has 0 aliphatic heterocycles. The van der Waals surface area contributed by atoms with E-state index in [4.69, 9.17) is 11.6 Å². The highest BCUT2D eigenvalue weighted by molar-refractivity contribution is 7.92. The van der Waals surface area contributed by atoms with E-state index < -0.39 is 21.8 Å². The number of alkyl halides is 3. The maximum atomic E-state index is 12.8. The molecule has 0 aliphatic carbocycles. The van der Waals surface area contributed by atoms with Gasteiger partial charge in [-0.1, -0.05) is 41.9 Å². The lowest BCUT2D eigenvalue weighted by Crippen LogP contribution is -2.14. The normalized spacial score (nSPS) is 11.9. The van der Waals surface area contributed by atoms with Crippen molar-refractivity contribution < 1.29 is 26.4 Å². The van der Waals surface area contributed by atoms with Crippen molar-refractivity contribution in [3.63, 3.8) is 0 Å². The lowest BCUT2D eigenvalue weighted by Gasteiger charge is -2.11. The Kier molecular flexibility index (Phi) is 6.71. The van der Waals surface area contributed by atoms with Gasteiger partial charge in [0.05, 0.1) is 10.5 Å². The van der Waals surface area contributed by atoms with Gasteiger partial charge in [0.15, 0.2) is 0 Å². The molecule has 0 amide bonds. The molecule has 1 N–H and O–H groups in total.